The van der Waals surface area contributed by atoms with Crippen molar-refractivity contribution in [2.45, 2.75) is 51.2 Å². The number of ether oxygens (including phenoxy) is 1. The molecular weight excluding hydrogens is 250 g/mol. The summed E-state index contributed by atoms with van der Waals surface area (Å²) in [6, 6.07) is 0. The summed E-state index contributed by atoms with van der Waals surface area (Å²) in [6.45, 7) is 5.19. The van der Waals surface area contributed by atoms with Crippen LogP contribution in [0.15, 0.2) is 0 Å². The Kier molecular flexibility index (Phi) is 3.04. The van der Waals surface area contributed by atoms with Gasteiger partial charge in [0.15, 0.2) is 0 Å². The molecule has 1 saturated carbocycles. The van der Waals surface area contributed by atoms with Crippen molar-refractivity contribution in [3.05, 3.63) is 0 Å². The monoisotopic (exact) mass is 271 g/mol. The lowest BCUT2D eigenvalue weighted by molar-refractivity contribution is -0.148. The molecule has 1 aliphatic carbocycles. The summed E-state index contributed by atoms with van der Waals surface area (Å²) in [7, 11) is 0. The van der Waals surface area contributed by atoms with E-state index in [0.29, 0.717) is 19.3 Å². The van der Waals surface area contributed by atoms with Gasteiger partial charge in [0.05, 0.1) is 17.6 Å². The minimum absolute atomic E-state index is 0.123. The zero-order valence-electron chi connectivity index (χ0n) is 11.6. The fourth-order valence-corrected chi connectivity index (χ4v) is 3.16. The molecule has 1 amide bonds. The second-order valence-electron chi connectivity index (χ2n) is 6.71. The lowest BCUT2D eigenvalue weighted by Gasteiger charge is -2.38. The van der Waals surface area contributed by atoms with E-state index in [1.165, 1.54) is 4.90 Å². The number of piperidine rings is 1. The van der Waals surface area contributed by atoms with Crippen LogP contribution in [0.5, 0.6) is 0 Å². The van der Waals surface area contributed by atoms with Gasteiger partial charge < -0.3 is 14.9 Å². The number of likely N-dealkylation sites (tertiary alicyclic amines) is 1. The molecule has 0 radical (unpaired) electrons. The highest BCUT2D eigenvalue weighted by Crippen LogP contribution is 2.54. The van der Waals surface area contributed by atoms with E-state index in [1.54, 1.807) is 20.8 Å². The maximum atomic E-state index is 12.2. The first-order chi connectivity index (χ1) is 8.64. The van der Waals surface area contributed by atoms with Crippen LogP contribution < -0.4 is 0 Å². The van der Waals surface area contributed by atoms with Crippen molar-refractivity contribution in [2.75, 3.05) is 13.2 Å². The number of carboxylic acid groups (broad SMARTS) is 1. The highest BCUT2D eigenvalue weighted by molar-refractivity contribution is 5.80. The highest BCUT2D eigenvalue weighted by Gasteiger charge is 2.64. The number of rotatable bonds is 2. The van der Waals surface area contributed by atoms with E-state index in [4.69, 9.17) is 4.74 Å². The summed E-state index contributed by atoms with van der Waals surface area (Å²) in [5, 5.41) is 19.0. The smallest absolute Gasteiger partial charge is 0.410 e. The first-order valence-corrected chi connectivity index (χ1v) is 6.49. The molecule has 108 valence electrons. The fraction of sp³-hybridized carbons (Fsp3) is 0.846. The largest absolute Gasteiger partial charge is 0.481 e. The van der Waals surface area contributed by atoms with Gasteiger partial charge >= 0.3 is 12.1 Å². The summed E-state index contributed by atoms with van der Waals surface area (Å²) < 4.78 is 5.31. The Morgan fingerprint density at radius 2 is 1.95 bits per heavy atom. The van der Waals surface area contributed by atoms with E-state index in [-0.39, 0.29) is 13.2 Å². The number of amides is 1. The van der Waals surface area contributed by atoms with Gasteiger partial charge in [0.25, 0.3) is 0 Å². The number of aliphatic hydroxyl groups excluding tert-OH is 1. The SMILES string of the molecule is CC(C)(C)OC(=O)N1CC2(C(=O)O)CCC1(CO)C2. The van der Waals surface area contributed by atoms with Gasteiger partial charge in [-0.1, -0.05) is 0 Å². The molecule has 0 spiro atoms. The van der Waals surface area contributed by atoms with Crippen LogP contribution in [-0.4, -0.2) is 51.5 Å². The Bertz CT molecular complexity index is 416. The summed E-state index contributed by atoms with van der Waals surface area (Å²) in [5.41, 5.74) is -2.31. The number of carbonyl (C=O) groups excluding carboxylic acids is 1. The predicted molar refractivity (Wildman–Crippen MR) is 66.7 cm³/mol. The second kappa shape index (κ2) is 4.10. The average Bonchev–Trinajstić information content (AvgIpc) is 2.81. The predicted octanol–water partition coefficient (Wildman–Crippen LogP) is 1.22. The molecule has 6 nitrogen and oxygen atoms in total. The van der Waals surface area contributed by atoms with Crippen molar-refractivity contribution in [3.63, 3.8) is 0 Å². The molecule has 2 fully saturated rings. The number of nitrogens with zero attached hydrogens (tertiary/aromatic N) is 1. The highest BCUT2D eigenvalue weighted by atomic mass is 16.6. The van der Waals surface area contributed by atoms with E-state index >= 15 is 0 Å². The van der Waals surface area contributed by atoms with Crippen LogP contribution in [0, 0.1) is 5.41 Å². The zero-order valence-corrected chi connectivity index (χ0v) is 11.6. The van der Waals surface area contributed by atoms with E-state index in [2.05, 4.69) is 0 Å². The van der Waals surface area contributed by atoms with Crippen LogP contribution >= 0.6 is 0 Å². The lowest BCUT2D eigenvalue weighted by Crippen LogP contribution is -2.53. The first kappa shape index (κ1) is 14.1. The van der Waals surface area contributed by atoms with Crippen LogP contribution in [0.25, 0.3) is 0 Å². The Labute approximate surface area is 112 Å². The fourth-order valence-electron chi connectivity index (χ4n) is 3.16. The minimum atomic E-state index is -0.917. The molecule has 0 aromatic carbocycles. The topological polar surface area (TPSA) is 87.1 Å². The third kappa shape index (κ3) is 2.18. The van der Waals surface area contributed by atoms with E-state index in [0.717, 1.165) is 0 Å². The van der Waals surface area contributed by atoms with E-state index in [9.17, 15) is 19.8 Å². The molecule has 0 aromatic heterocycles. The van der Waals surface area contributed by atoms with Crippen LogP contribution in [-0.2, 0) is 9.53 Å². The number of carbonyl (C=O) groups is 2. The maximum absolute atomic E-state index is 12.2. The number of aliphatic carboxylic acids is 1. The third-order valence-corrected chi connectivity index (χ3v) is 4.13. The van der Waals surface area contributed by atoms with Crippen LogP contribution in [0.4, 0.5) is 4.79 Å². The summed E-state index contributed by atoms with van der Waals surface area (Å²) in [5.74, 6) is -0.895. The molecule has 1 heterocycles. The molecule has 2 unspecified atom stereocenters. The molecule has 2 rings (SSSR count). The molecular formula is C13H21NO5. The molecule has 1 saturated heterocycles. The number of hydrogen-bond acceptors (Lipinski definition) is 4. The minimum Gasteiger partial charge on any atom is -0.481 e. The van der Waals surface area contributed by atoms with Gasteiger partial charge in [-0.25, -0.2) is 4.79 Å². The Balaban J connectivity index is 2.23. The lowest BCUT2D eigenvalue weighted by atomic mass is 9.87. The molecule has 19 heavy (non-hydrogen) atoms. The Morgan fingerprint density at radius 3 is 2.42 bits per heavy atom. The van der Waals surface area contributed by atoms with E-state index < -0.39 is 28.6 Å². The van der Waals surface area contributed by atoms with Gasteiger partial charge in [-0.05, 0) is 40.0 Å². The van der Waals surface area contributed by atoms with Crippen molar-refractivity contribution in [3.8, 4) is 0 Å². The van der Waals surface area contributed by atoms with Gasteiger partial charge in [0.2, 0.25) is 0 Å². The van der Waals surface area contributed by atoms with Crippen LogP contribution in [0.1, 0.15) is 40.0 Å². The summed E-state index contributed by atoms with van der Waals surface area (Å²) in [4.78, 5) is 25.0. The number of hydrogen-bond donors (Lipinski definition) is 2. The quantitative estimate of drug-likeness (QED) is 0.788. The third-order valence-electron chi connectivity index (χ3n) is 4.13. The molecule has 2 atom stereocenters. The first-order valence-electron chi connectivity index (χ1n) is 6.49. The number of carboxylic acids is 1. The van der Waals surface area contributed by atoms with Crippen molar-refractivity contribution < 1.29 is 24.5 Å². The van der Waals surface area contributed by atoms with Crippen molar-refractivity contribution >= 4 is 12.1 Å². The van der Waals surface area contributed by atoms with Gasteiger partial charge in [-0.15, -0.1) is 0 Å². The zero-order chi connectivity index (χ0) is 14.5. The molecule has 2 bridgehead atoms. The summed E-state index contributed by atoms with van der Waals surface area (Å²) >= 11 is 0. The van der Waals surface area contributed by atoms with Crippen LogP contribution in [0.2, 0.25) is 0 Å². The van der Waals surface area contributed by atoms with Gasteiger partial charge in [0, 0.05) is 6.54 Å². The standard InChI is InChI=1S/C13H21NO5/c1-11(2,3)19-10(18)14-7-12(9(16)17)4-5-13(14,6-12)8-15/h15H,4-8H2,1-3H3,(H,16,17). The van der Waals surface area contributed by atoms with Crippen LogP contribution in [0.3, 0.4) is 0 Å². The van der Waals surface area contributed by atoms with Gasteiger partial charge in [0.1, 0.15) is 5.60 Å². The van der Waals surface area contributed by atoms with Crippen molar-refractivity contribution in [2.24, 2.45) is 5.41 Å². The average molecular weight is 271 g/mol. The molecule has 1 aliphatic heterocycles. The molecule has 6 heteroatoms. The normalized spacial score (nSPS) is 33.6. The molecule has 2 aliphatic rings. The number of aliphatic hydroxyl groups is 1. The Hall–Kier alpha value is -1.30. The van der Waals surface area contributed by atoms with Crippen molar-refractivity contribution in [1.82, 2.24) is 4.90 Å². The van der Waals surface area contributed by atoms with Gasteiger partial charge in [-0.3, -0.25) is 9.69 Å². The van der Waals surface area contributed by atoms with Gasteiger partial charge in [-0.2, -0.15) is 0 Å². The molecule has 2 N–H and O–H groups in total. The Morgan fingerprint density at radius 1 is 1.32 bits per heavy atom. The second-order valence-corrected chi connectivity index (χ2v) is 6.71. The number of fused-ring (bicyclic) bond motifs is 2. The maximum Gasteiger partial charge on any atom is 0.410 e. The van der Waals surface area contributed by atoms with E-state index in [1.807, 2.05) is 0 Å². The van der Waals surface area contributed by atoms with Crippen molar-refractivity contribution in [1.29, 1.82) is 0 Å². The molecule has 0 aromatic rings. The summed E-state index contributed by atoms with van der Waals surface area (Å²) in [6.07, 6.45) is 0.784.